The van der Waals surface area contributed by atoms with Gasteiger partial charge in [-0.05, 0) is 39.0 Å². The molecular weight excluding hydrogens is 220 g/mol. The molecule has 2 amide bonds. The van der Waals surface area contributed by atoms with Crippen LogP contribution in [0.25, 0.3) is 0 Å². The van der Waals surface area contributed by atoms with Crippen molar-refractivity contribution in [2.75, 3.05) is 6.54 Å². The largest absolute Gasteiger partial charge is 0.481 e. The van der Waals surface area contributed by atoms with Gasteiger partial charge in [-0.3, -0.25) is 4.79 Å². The summed E-state index contributed by atoms with van der Waals surface area (Å²) < 4.78 is 0. The molecule has 5 heteroatoms. The fourth-order valence-electron chi connectivity index (χ4n) is 2.77. The number of carbonyl (C=O) groups is 2. The molecule has 0 radical (unpaired) electrons. The van der Waals surface area contributed by atoms with E-state index < -0.39 is 11.5 Å². The number of hydrogen-bond donors (Lipinski definition) is 2. The number of aliphatic carboxylic acids is 1. The predicted octanol–water partition coefficient (Wildman–Crippen LogP) is 1.58. The first kappa shape index (κ1) is 12.2. The summed E-state index contributed by atoms with van der Waals surface area (Å²) in [6, 6.07) is 0.188. The summed E-state index contributed by atoms with van der Waals surface area (Å²) in [5.41, 5.74) is -0.481. The second kappa shape index (κ2) is 4.55. The number of rotatable bonds is 3. The van der Waals surface area contributed by atoms with Crippen LogP contribution >= 0.6 is 0 Å². The van der Waals surface area contributed by atoms with E-state index in [2.05, 4.69) is 5.32 Å². The van der Waals surface area contributed by atoms with Crippen molar-refractivity contribution < 1.29 is 14.7 Å². The van der Waals surface area contributed by atoms with E-state index in [9.17, 15) is 9.59 Å². The molecule has 1 atom stereocenters. The molecule has 1 saturated heterocycles. The third kappa shape index (κ3) is 2.53. The molecule has 1 saturated carbocycles. The minimum atomic E-state index is -0.834. The Kier molecular flexibility index (Phi) is 3.26. The van der Waals surface area contributed by atoms with Gasteiger partial charge in [-0.2, -0.15) is 0 Å². The number of carbonyl (C=O) groups excluding carboxylic acids is 1. The zero-order valence-electron chi connectivity index (χ0n) is 10.2. The summed E-state index contributed by atoms with van der Waals surface area (Å²) in [5.74, 6) is -0.834. The third-order valence-electron chi connectivity index (χ3n) is 3.99. The lowest BCUT2D eigenvalue weighted by atomic mass is 9.74. The summed E-state index contributed by atoms with van der Waals surface area (Å²) in [5, 5.41) is 11.8. The predicted molar refractivity (Wildman–Crippen MR) is 62.8 cm³/mol. The highest BCUT2D eigenvalue weighted by atomic mass is 16.4. The van der Waals surface area contributed by atoms with Crippen LogP contribution in [0, 0.1) is 0 Å². The van der Waals surface area contributed by atoms with Crippen LogP contribution in [0.1, 0.15) is 45.4 Å². The van der Waals surface area contributed by atoms with Crippen molar-refractivity contribution in [3.8, 4) is 0 Å². The number of nitrogens with zero attached hydrogens (tertiary/aromatic N) is 1. The van der Waals surface area contributed by atoms with E-state index in [-0.39, 0.29) is 18.5 Å². The first-order chi connectivity index (χ1) is 8.02. The second-order valence-corrected chi connectivity index (χ2v) is 5.32. The van der Waals surface area contributed by atoms with Gasteiger partial charge >= 0.3 is 12.0 Å². The highest BCUT2D eigenvalue weighted by molar-refractivity contribution is 5.77. The Morgan fingerprint density at radius 3 is 2.53 bits per heavy atom. The van der Waals surface area contributed by atoms with Crippen LogP contribution in [0.15, 0.2) is 0 Å². The van der Waals surface area contributed by atoms with Crippen molar-refractivity contribution in [2.24, 2.45) is 0 Å². The highest BCUT2D eigenvalue weighted by Crippen LogP contribution is 2.35. The van der Waals surface area contributed by atoms with E-state index >= 15 is 0 Å². The van der Waals surface area contributed by atoms with Crippen molar-refractivity contribution in [2.45, 2.75) is 57.0 Å². The summed E-state index contributed by atoms with van der Waals surface area (Å²) >= 11 is 0. The van der Waals surface area contributed by atoms with Gasteiger partial charge in [-0.1, -0.05) is 0 Å². The Morgan fingerprint density at radius 1 is 1.41 bits per heavy atom. The molecule has 96 valence electrons. The van der Waals surface area contributed by atoms with Gasteiger partial charge in [0.1, 0.15) is 0 Å². The van der Waals surface area contributed by atoms with Crippen molar-refractivity contribution >= 4 is 12.0 Å². The average molecular weight is 240 g/mol. The van der Waals surface area contributed by atoms with Crippen molar-refractivity contribution in [3.05, 3.63) is 0 Å². The van der Waals surface area contributed by atoms with Gasteiger partial charge in [-0.15, -0.1) is 0 Å². The molecule has 1 heterocycles. The van der Waals surface area contributed by atoms with Gasteiger partial charge in [0.25, 0.3) is 0 Å². The lowest BCUT2D eigenvalue weighted by Gasteiger charge is -2.42. The van der Waals surface area contributed by atoms with Crippen LogP contribution in [0.4, 0.5) is 4.79 Å². The van der Waals surface area contributed by atoms with E-state index in [0.29, 0.717) is 0 Å². The first-order valence-electron chi connectivity index (χ1n) is 6.33. The number of carboxylic acid groups (broad SMARTS) is 1. The van der Waals surface area contributed by atoms with E-state index in [1.54, 1.807) is 0 Å². The molecule has 2 fully saturated rings. The fraction of sp³-hybridized carbons (Fsp3) is 0.833. The molecule has 1 unspecified atom stereocenters. The minimum Gasteiger partial charge on any atom is -0.481 e. The number of nitrogens with one attached hydrogen (secondary N) is 1. The Balaban J connectivity index is 1.94. The second-order valence-electron chi connectivity index (χ2n) is 5.32. The number of hydrogen-bond acceptors (Lipinski definition) is 2. The maximum atomic E-state index is 12.1. The van der Waals surface area contributed by atoms with Crippen LogP contribution in [-0.4, -0.2) is 40.1 Å². The monoisotopic (exact) mass is 240 g/mol. The smallest absolute Gasteiger partial charge is 0.318 e. The zero-order chi connectivity index (χ0) is 12.5. The molecule has 1 aliphatic heterocycles. The molecule has 0 aromatic carbocycles. The van der Waals surface area contributed by atoms with Gasteiger partial charge in [0, 0.05) is 12.6 Å². The molecule has 2 rings (SSSR count). The van der Waals surface area contributed by atoms with E-state index in [0.717, 1.165) is 38.6 Å². The molecule has 0 aromatic heterocycles. The van der Waals surface area contributed by atoms with Crippen LogP contribution in [0.2, 0.25) is 0 Å². The molecule has 1 aliphatic carbocycles. The SMILES string of the molecule is CC1CCCN1C(=O)NC1(CC(=O)O)CCC1. The molecule has 17 heavy (non-hydrogen) atoms. The van der Waals surface area contributed by atoms with Crippen molar-refractivity contribution in [3.63, 3.8) is 0 Å². The maximum absolute atomic E-state index is 12.1. The molecule has 0 aromatic rings. The molecule has 5 nitrogen and oxygen atoms in total. The Hall–Kier alpha value is -1.26. The molecule has 0 bridgehead atoms. The van der Waals surface area contributed by atoms with E-state index in [1.165, 1.54) is 0 Å². The summed E-state index contributed by atoms with van der Waals surface area (Å²) in [4.78, 5) is 24.7. The van der Waals surface area contributed by atoms with Crippen LogP contribution < -0.4 is 5.32 Å². The molecular formula is C12H20N2O3. The lowest BCUT2D eigenvalue weighted by molar-refractivity contribution is -0.139. The Bertz CT molecular complexity index is 326. The number of urea groups is 1. The van der Waals surface area contributed by atoms with Crippen LogP contribution in [0.5, 0.6) is 0 Å². The van der Waals surface area contributed by atoms with Crippen molar-refractivity contribution in [1.82, 2.24) is 10.2 Å². The topological polar surface area (TPSA) is 69.6 Å². The van der Waals surface area contributed by atoms with E-state index in [1.807, 2.05) is 11.8 Å². The normalized spacial score (nSPS) is 26.4. The molecule has 2 N–H and O–H groups in total. The summed E-state index contributed by atoms with van der Waals surface area (Å²) in [7, 11) is 0. The molecule has 2 aliphatic rings. The average Bonchev–Trinajstić information content (AvgIpc) is 2.60. The zero-order valence-corrected chi connectivity index (χ0v) is 10.2. The van der Waals surface area contributed by atoms with Crippen molar-refractivity contribution in [1.29, 1.82) is 0 Å². The number of likely N-dealkylation sites (tertiary alicyclic amines) is 1. The Labute approximate surface area is 101 Å². The third-order valence-corrected chi connectivity index (χ3v) is 3.99. The number of amides is 2. The summed E-state index contributed by atoms with van der Waals surface area (Å²) in [6.45, 7) is 2.83. The molecule has 0 spiro atoms. The maximum Gasteiger partial charge on any atom is 0.318 e. The van der Waals surface area contributed by atoms with Gasteiger partial charge in [0.15, 0.2) is 0 Å². The highest BCUT2D eigenvalue weighted by Gasteiger charge is 2.42. The number of carboxylic acids is 1. The standard InChI is InChI=1S/C12H20N2O3/c1-9-4-2-7-14(9)11(17)13-12(5-3-6-12)8-10(15)16/h9H,2-8H2,1H3,(H,13,17)(H,15,16). The van der Waals surface area contributed by atoms with Gasteiger partial charge in [0.05, 0.1) is 12.0 Å². The minimum absolute atomic E-state index is 0.0426. The van der Waals surface area contributed by atoms with Crippen LogP contribution in [-0.2, 0) is 4.79 Å². The van der Waals surface area contributed by atoms with Gasteiger partial charge in [-0.25, -0.2) is 4.79 Å². The Morgan fingerprint density at radius 2 is 2.12 bits per heavy atom. The van der Waals surface area contributed by atoms with Gasteiger partial charge < -0.3 is 15.3 Å². The lowest BCUT2D eigenvalue weighted by Crippen LogP contribution is -2.58. The van der Waals surface area contributed by atoms with E-state index in [4.69, 9.17) is 5.11 Å². The van der Waals surface area contributed by atoms with Gasteiger partial charge in [0.2, 0.25) is 0 Å². The first-order valence-corrected chi connectivity index (χ1v) is 6.33. The fourth-order valence-corrected chi connectivity index (χ4v) is 2.77. The summed E-state index contributed by atoms with van der Waals surface area (Å²) in [6.07, 6.45) is 4.70. The van der Waals surface area contributed by atoms with Crippen LogP contribution in [0.3, 0.4) is 0 Å². The quantitative estimate of drug-likeness (QED) is 0.786.